The van der Waals surface area contributed by atoms with E-state index in [1.807, 2.05) is 126 Å². The lowest BCUT2D eigenvalue weighted by Crippen LogP contribution is -2.15. The van der Waals surface area contributed by atoms with Gasteiger partial charge in [0.2, 0.25) is 0 Å². The summed E-state index contributed by atoms with van der Waals surface area (Å²) in [5.41, 5.74) is 2.17. The maximum Gasteiger partial charge on any atom is 0.417 e. The number of aromatic nitrogens is 4. The van der Waals surface area contributed by atoms with Gasteiger partial charge in [-0.25, -0.2) is 0 Å². The normalized spacial score (nSPS) is 12.7. The van der Waals surface area contributed by atoms with E-state index in [0.717, 1.165) is 82.3 Å². The van der Waals surface area contributed by atoms with Crippen molar-refractivity contribution in [2.45, 2.75) is 12.4 Å². The smallest absolute Gasteiger partial charge is 0.342 e. The Morgan fingerprint density at radius 3 is 1.17 bits per heavy atom. The fourth-order valence-electron chi connectivity index (χ4n) is 10.5. The van der Waals surface area contributed by atoms with E-state index in [9.17, 15) is 5.26 Å². The molecule has 11 heteroatoms. The summed E-state index contributed by atoms with van der Waals surface area (Å²) in [6.45, 7) is 0. The largest absolute Gasteiger partial charge is 0.417 e. The van der Waals surface area contributed by atoms with Crippen LogP contribution in [-0.2, 0) is 26.4 Å². The number of alkyl halides is 6. The number of nitrogens with zero attached hydrogens (tertiary/aromatic N) is 5. The van der Waals surface area contributed by atoms with Crippen LogP contribution in [0.2, 0.25) is 0 Å². The van der Waals surface area contributed by atoms with Gasteiger partial charge in [0.1, 0.15) is 0 Å². The van der Waals surface area contributed by atoms with Gasteiger partial charge < -0.3 is 18.3 Å². The highest BCUT2D eigenvalue weighted by Gasteiger charge is 2.42. The van der Waals surface area contributed by atoms with Gasteiger partial charge in [0.25, 0.3) is 0 Å². The first-order valence-corrected chi connectivity index (χ1v) is 20.5. The highest BCUT2D eigenvalue weighted by Crippen LogP contribution is 2.49. The summed E-state index contributed by atoms with van der Waals surface area (Å²) in [6.07, 6.45) is -10.4. The number of benzene rings is 8. The molecular weight excluding hydrogens is 821 g/mol. The van der Waals surface area contributed by atoms with Crippen molar-refractivity contribution in [3.63, 3.8) is 0 Å². The molecule has 4 heterocycles. The summed E-state index contributed by atoms with van der Waals surface area (Å²) in [7, 11) is 3.93. The van der Waals surface area contributed by atoms with Gasteiger partial charge >= 0.3 is 12.4 Å². The lowest BCUT2D eigenvalue weighted by Gasteiger charge is -2.23. The first-order chi connectivity index (χ1) is 30.9. The number of para-hydroxylation sites is 4. The highest BCUT2D eigenvalue weighted by atomic mass is 19.4. The molecule has 0 spiro atoms. The number of aryl methyl sites for hydroxylation is 2. The van der Waals surface area contributed by atoms with Crippen LogP contribution in [0.1, 0.15) is 16.7 Å². The molecule has 0 aliphatic carbocycles. The van der Waals surface area contributed by atoms with E-state index in [1.165, 1.54) is 12.1 Å². The second-order valence-corrected chi connectivity index (χ2v) is 16.3. The zero-order valence-corrected chi connectivity index (χ0v) is 33.9. The number of fused-ring (bicyclic) bond motifs is 14. The Kier molecular flexibility index (Phi) is 7.69. The minimum atomic E-state index is -5.20. The van der Waals surface area contributed by atoms with Crippen molar-refractivity contribution in [3.8, 4) is 28.6 Å². The monoisotopic (exact) mass is 851 g/mol. The fourth-order valence-corrected chi connectivity index (χ4v) is 10.5. The molecule has 4 aromatic heterocycles. The first-order valence-electron chi connectivity index (χ1n) is 20.5. The molecule has 8 aromatic carbocycles. The van der Waals surface area contributed by atoms with Crippen LogP contribution >= 0.6 is 0 Å². The summed E-state index contributed by atoms with van der Waals surface area (Å²) >= 11 is 0. The molecular formula is C53H31F6N5. The van der Waals surface area contributed by atoms with Crippen molar-refractivity contribution in [2.75, 3.05) is 0 Å². The van der Waals surface area contributed by atoms with Crippen LogP contribution in [0.25, 0.3) is 110 Å². The van der Waals surface area contributed by atoms with Crippen LogP contribution in [0.4, 0.5) is 26.3 Å². The average molecular weight is 852 g/mol. The van der Waals surface area contributed by atoms with E-state index in [1.54, 1.807) is 0 Å². The number of rotatable bonds is 3. The Bertz CT molecular complexity index is 4000. The van der Waals surface area contributed by atoms with Crippen molar-refractivity contribution in [1.29, 1.82) is 5.26 Å². The standard InChI is InChI=1S/C53H31F6N5/c1-61-41-18-7-3-12-30(41)34-22-24-36-32-14-5-9-20-43(32)63(50(36)48(34)61)45-26-29(28-60)38(47-39(52(54,55)56)16-11-17-40(47)53(57,58)59)27-46(45)64-44-21-10-6-15-33(44)37-25-23-35-31-13-4-8-19-42(31)62(2)49(35)51(37)64/h3-27H,1-2H3. The van der Waals surface area contributed by atoms with Gasteiger partial charge in [-0.1, -0.05) is 103 Å². The van der Waals surface area contributed by atoms with E-state index in [-0.39, 0.29) is 11.3 Å². The quantitative estimate of drug-likeness (QED) is 0.163. The summed E-state index contributed by atoms with van der Waals surface area (Å²) in [6, 6.07) is 46.5. The van der Waals surface area contributed by atoms with E-state index in [4.69, 9.17) is 0 Å². The van der Waals surface area contributed by atoms with Crippen molar-refractivity contribution >= 4 is 87.2 Å². The van der Waals surface area contributed by atoms with Gasteiger partial charge in [0, 0.05) is 79.3 Å². The molecule has 0 aliphatic rings. The minimum absolute atomic E-state index is 0.279. The molecule has 0 saturated carbocycles. The molecule has 0 saturated heterocycles. The van der Waals surface area contributed by atoms with E-state index >= 15 is 26.3 Å². The Morgan fingerprint density at radius 2 is 0.766 bits per heavy atom. The van der Waals surface area contributed by atoms with Crippen molar-refractivity contribution in [1.82, 2.24) is 18.3 Å². The Morgan fingerprint density at radius 1 is 0.406 bits per heavy atom. The average Bonchev–Trinajstić information content (AvgIpc) is 4.00. The molecule has 12 rings (SSSR count). The summed E-state index contributed by atoms with van der Waals surface area (Å²) < 4.78 is 98.8. The third kappa shape index (κ3) is 5.02. The van der Waals surface area contributed by atoms with Crippen LogP contribution in [0.3, 0.4) is 0 Å². The molecule has 0 aliphatic heterocycles. The topological polar surface area (TPSA) is 43.5 Å². The molecule has 0 radical (unpaired) electrons. The first kappa shape index (κ1) is 37.8. The minimum Gasteiger partial charge on any atom is -0.342 e. The predicted octanol–water partition coefficient (Wildman–Crippen LogP) is 14.7. The maximum atomic E-state index is 15.1. The van der Waals surface area contributed by atoms with E-state index in [0.29, 0.717) is 28.9 Å². The molecule has 5 nitrogen and oxygen atoms in total. The number of hydrogen-bond acceptors (Lipinski definition) is 1. The number of hydrogen-bond donors (Lipinski definition) is 0. The SMILES string of the molecule is Cn1c2ccccc2c2ccc3c4ccccc4n(-c4cc(C#N)c(-c5c(C(F)(F)F)cccc5C(F)(F)F)cc4-n4c5ccccc5c5ccc6c7ccccc7n(C)c6c54)c3c21. The van der Waals surface area contributed by atoms with Crippen LogP contribution in [0.15, 0.2) is 152 Å². The Balaban J connectivity index is 1.36. The molecule has 0 bridgehead atoms. The highest BCUT2D eigenvalue weighted by molar-refractivity contribution is 6.25. The Labute approximate surface area is 359 Å². The van der Waals surface area contributed by atoms with Crippen LogP contribution in [0.5, 0.6) is 0 Å². The third-order valence-corrected chi connectivity index (χ3v) is 13.1. The van der Waals surface area contributed by atoms with Gasteiger partial charge in [-0.15, -0.1) is 0 Å². The molecule has 0 N–H and O–H groups in total. The van der Waals surface area contributed by atoms with Gasteiger partial charge in [0.15, 0.2) is 0 Å². The van der Waals surface area contributed by atoms with Crippen LogP contribution in [-0.4, -0.2) is 18.3 Å². The van der Waals surface area contributed by atoms with Crippen molar-refractivity contribution < 1.29 is 26.3 Å². The van der Waals surface area contributed by atoms with Gasteiger partial charge in [-0.2, -0.15) is 31.6 Å². The maximum absolute atomic E-state index is 15.1. The molecule has 64 heavy (non-hydrogen) atoms. The molecule has 310 valence electrons. The molecule has 0 atom stereocenters. The molecule has 0 fully saturated rings. The van der Waals surface area contributed by atoms with E-state index < -0.39 is 34.6 Å². The molecule has 12 aromatic rings. The fraction of sp³-hybridized carbons (Fsp3) is 0.0755. The second-order valence-electron chi connectivity index (χ2n) is 16.3. The van der Waals surface area contributed by atoms with Crippen LogP contribution in [0, 0.1) is 11.3 Å². The van der Waals surface area contributed by atoms with Gasteiger partial charge in [0.05, 0.1) is 67.2 Å². The zero-order chi connectivity index (χ0) is 44.0. The summed E-state index contributed by atoms with van der Waals surface area (Å²) in [5, 5.41) is 18.3. The molecule has 0 amide bonds. The van der Waals surface area contributed by atoms with Gasteiger partial charge in [-0.3, -0.25) is 0 Å². The number of halogens is 6. The lowest BCUT2D eigenvalue weighted by atomic mass is 9.89. The lowest BCUT2D eigenvalue weighted by molar-refractivity contribution is -0.142. The second kappa shape index (κ2) is 13.0. The van der Waals surface area contributed by atoms with Crippen LogP contribution < -0.4 is 0 Å². The third-order valence-electron chi connectivity index (χ3n) is 13.1. The Hall–Kier alpha value is -7.97. The predicted molar refractivity (Wildman–Crippen MR) is 243 cm³/mol. The van der Waals surface area contributed by atoms with Crippen molar-refractivity contribution in [3.05, 3.63) is 168 Å². The summed E-state index contributed by atoms with van der Waals surface area (Å²) in [5.74, 6) is 0. The van der Waals surface area contributed by atoms with Gasteiger partial charge in [-0.05, 0) is 48.5 Å². The van der Waals surface area contributed by atoms with Crippen molar-refractivity contribution in [2.24, 2.45) is 14.1 Å². The molecule has 0 unspecified atom stereocenters. The number of nitriles is 1. The summed E-state index contributed by atoms with van der Waals surface area (Å²) in [4.78, 5) is 0. The van der Waals surface area contributed by atoms with E-state index in [2.05, 4.69) is 33.4 Å². The zero-order valence-electron chi connectivity index (χ0n) is 33.9.